The summed E-state index contributed by atoms with van der Waals surface area (Å²) in [6.07, 6.45) is 10.2. The number of hydrogen-bond acceptors (Lipinski definition) is 2. The topological polar surface area (TPSA) is 32.8 Å². The molecule has 1 aliphatic carbocycles. The Bertz CT molecular complexity index is 208. The smallest absolute Gasteiger partial charge is 0.117 e. The monoisotopic (exact) mass is 152 g/mol. The van der Waals surface area contributed by atoms with Crippen LogP contribution in [0.25, 0.3) is 0 Å². The average Bonchev–Trinajstić information content (AvgIpc) is 2.75. The molecule has 2 heteroatoms. The largest absolute Gasteiger partial charge is 0.396 e. The van der Waals surface area contributed by atoms with Crippen LogP contribution in [0, 0.1) is 0 Å². The summed E-state index contributed by atoms with van der Waals surface area (Å²) in [5.74, 6) is 0. The zero-order valence-electron chi connectivity index (χ0n) is 6.36. The van der Waals surface area contributed by atoms with Crippen LogP contribution in [0.2, 0.25) is 0 Å². The number of epoxide rings is 1. The SMILES string of the molecule is OCCCC12C=CC=CC1O2. The van der Waals surface area contributed by atoms with E-state index >= 15 is 0 Å². The summed E-state index contributed by atoms with van der Waals surface area (Å²) >= 11 is 0. The van der Waals surface area contributed by atoms with Crippen LogP contribution in [0.5, 0.6) is 0 Å². The summed E-state index contributed by atoms with van der Waals surface area (Å²) in [4.78, 5) is 0. The van der Waals surface area contributed by atoms with Crippen molar-refractivity contribution in [3.63, 3.8) is 0 Å². The highest BCUT2D eigenvalue weighted by molar-refractivity contribution is 5.30. The van der Waals surface area contributed by atoms with Crippen LogP contribution in [0.4, 0.5) is 0 Å². The predicted molar refractivity (Wildman–Crippen MR) is 42.2 cm³/mol. The van der Waals surface area contributed by atoms with Crippen molar-refractivity contribution in [1.82, 2.24) is 0 Å². The summed E-state index contributed by atoms with van der Waals surface area (Å²) in [6, 6.07) is 0. The molecule has 1 saturated heterocycles. The molecule has 1 aliphatic heterocycles. The number of allylic oxidation sites excluding steroid dienone is 2. The number of aliphatic hydroxyl groups is 1. The van der Waals surface area contributed by atoms with Gasteiger partial charge in [0.2, 0.25) is 0 Å². The first-order valence-corrected chi connectivity index (χ1v) is 4.02. The highest BCUT2D eigenvalue weighted by atomic mass is 16.6. The van der Waals surface area contributed by atoms with E-state index in [2.05, 4.69) is 12.2 Å². The van der Waals surface area contributed by atoms with Gasteiger partial charge in [0.25, 0.3) is 0 Å². The van der Waals surface area contributed by atoms with E-state index in [-0.39, 0.29) is 12.2 Å². The van der Waals surface area contributed by atoms with Gasteiger partial charge in [-0.25, -0.2) is 0 Å². The van der Waals surface area contributed by atoms with E-state index < -0.39 is 0 Å². The van der Waals surface area contributed by atoms with Gasteiger partial charge in [0.1, 0.15) is 11.7 Å². The minimum absolute atomic E-state index is 0.0303. The van der Waals surface area contributed by atoms with Gasteiger partial charge in [-0.3, -0.25) is 0 Å². The molecule has 2 atom stereocenters. The molecule has 1 fully saturated rings. The van der Waals surface area contributed by atoms with Crippen LogP contribution >= 0.6 is 0 Å². The molecule has 2 nitrogen and oxygen atoms in total. The van der Waals surface area contributed by atoms with Gasteiger partial charge in [-0.15, -0.1) is 0 Å². The number of fused-ring (bicyclic) bond motifs is 1. The Morgan fingerprint density at radius 1 is 1.45 bits per heavy atom. The molecule has 0 radical (unpaired) electrons. The average molecular weight is 152 g/mol. The minimum Gasteiger partial charge on any atom is -0.396 e. The second-order valence-electron chi connectivity index (χ2n) is 3.06. The highest BCUT2D eigenvalue weighted by Crippen LogP contribution is 2.44. The fourth-order valence-electron chi connectivity index (χ4n) is 1.56. The maximum absolute atomic E-state index is 8.63. The van der Waals surface area contributed by atoms with Gasteiger partial charge in [-0.1, -0.05) is 18.2 Å². The maximum Gasteiger partial charge on any atom is 0.117 e. The van der Waals surface area contributed by atoms with Crippen molar-refractivity contribution in [3.05, 3.63) is 24.3 Å². The Balaban J connectivity index is 1.94. The first kappa shape index (κ1) is 7.07. The Morgan fingerprint density at radius 2 is 2.36 bits per heavy atom. The van der Waals surface area contributed by atoms with Gasteiger partial charge in [-0.2, -0.15) is 0 Å². The second-order valence-corrected chi connectivity index (χ2v) is 3.06. The lowest BCUT2D eigenvalue weighted by Gasteiger charge is -2.06. The lowest BCUT2D eigenvalue weighted by atomic mass is 9.96. The van der Waals surface area contributed by atoms with Gasteiger partial charge >= 0.3 is 0 Å². The molecule has 0 aromatic heterocycles. The fourth-order valence-corrected chi connectivity index (χ4v) is 1.56. The Morgan fingerprint density at radius 3 is 3.09 bits per heavy atom. The van der Waals surface area contributed by atoms with Gasteiger partial charge in [0.05, 0.1) is 0 Å². The van der Waals surface area contributed by atoms with Crippen molar-refractivity contribution in [2.45, 2.75) is 24.5 Å². The van der Waals surface area contributed by atoms with E-state index in [0.717, 1.165) is 12.8 Å². The minimum atomic E-state index is -0.0303. The number of hydrogen-bond donors (Lipinski definition) is 1. The molecule has 1 N–H and O–H groups in total. The predicted octanol–water partition coefficient (Wildman–Crippen LogP) is 1.02. The zero-order valence-corrected chi connectivity index (χ0v) is 6.36. The molecular weight excluding hydrogens is 140 g/mol. The van der Waals surface area contributed by atoms with Crippen molar-refractivity contribution in [3.8, 4) is 0 Å². The molecule has 1 heterocycles. The van der Waals surface area contributed by atoms with Crippen molar-refractivity contribution < 1.29 is 9.84 Å². The number of rotatable bonds is 3. The molecule has 0 spiro atoms. The lowest BCUT2D eigenvalue weighted by molar-refractivity contribution is 0.257. The van der Waals surface area contributed by atoms with Crippen LogP contribution in [-0.2, 0) is 4.74 Å². The van der Waals surface area contributed by atoms with E-state index in [1.165, 1.54) is 0 Å². The summed E-state index contributed by atoms with van der Waals surface area (Å²) < 4.78 is 5.48. The van der Waals surface area contributed by atoms with Crippen molar-refractivity contribution in [2.75, 3.05) is 6.61 Å². The molecule has 60 valence electrons. The Labute approximate surface area is 66.2 Å². The molecule has 0 aromatic rings. The summed E-state index contributed by atoms with van der Waals surface area (Å²) in [6.45, 7) is 0.259. The standard InChI is InChI=1S/C9H12O2/c10-7-3-6-9-5-2-1-4-8(9)11-9/h1-2,4-5,8,10H,3,6-7H2. The van der Waals surface area contributed by atoms with E-state index in [0.29, 0.717) is 6.10 Å². The van der Waals surface area contributed by atoms with Crippen LogP contribution in [0.1, 0.15) is 12.8 Å². The summed E-state index contributed by atoms with van der Waals surface area (Å²) in [7, 11) is 0. The molecule has 2 unspecified atom stereocenters. The normalized spacial score (nSPS) is 38.8. The number of aliphatic hydroxyl groups excluding tert-OH is 1. The van der Waals surface area contributed by atoms with Crippen LogP contribution in [0.3, 0.4) is 0 Å². The molecule has 11 heavy (non-hydrogen) atoms. The fraction of sp³-hybridized carbons (Fsp3) is 0.556. The number of ether oxygens (including phenoxy) is 1. The summed E-state index contributed by atoms with van der Waals surface area (Å²) in [5.41, 5.74) is -0.0303. The van der Waals surface area contributed by atoms with Crippen molar-refractivity contribution >= 4 is 0 Å². The highest BCUT2D eigenvalue weighted by Gasteiger charge is 2.52. The van der Waals surface area contributed by atoms with Gasteiger partial charge in [0.15, 0.2) is 0 Å². The quantitative estimate of drug-likeness (QED) is 0.612. The van der Waals surface area contributed by atoms with E-state index in [9.17, 15) is 0 Å². The van der Waals surface area contributed by atoms with Crippen LogP contribution < -0.4 is 0 Å². The Kier molecular flexibility index (Phi) is 1.59. The third-order valence-electron chi connectivity index (χ3n) is 2.27. The zero-order chi connectivity index (χ0) is 7.73. The lowest BCUT2D eigenvalue weighted by Crippen LogP contribution is -2.12. The third-order valence-corrected chi connectivity index (χ3v) is 2.27. The molecule has 0 saturated carbocycles. The van der Waals surface area contributed by atoms with Crippen LogP contribution in [-0.4, -0.2) is 23.4 Å². The van der Waals surface area contributed by atoms with E-state index in [4.69, 9.17) is 9.84 Å². The molecule has 0 amide bonds. The molecular formula is C9H12O2. The van der Waals surface area contributed by atoms with Gasteiger partial charge < -0.3 is 9.84 Å². The maximum atomic E-state index is 8.63. The van der Waals surface area contributed by atoms with E-state index in [1.807, 2.05) is 12.2 Å². The first-order valence-electron chi connectivity index (χ1n) is 4.02. The van der Waals surface area contributed by atoms with Gasteiger partial charge in [-0.05, 0) is 18.9 Å². The molecule has 0 bridgehead atoms. The van der Waals surface area contributed by atoms with Crippen molar-refractivity contribution in [1.29, 1.82) is 0 Å². The molecule has 2 rings (SSSR count). The second kappa shape index (κ2) is 2.47. The first-order chi connectivity index (χ1) is 5.37. The van der Waals surface area contributed by atoms with Gasteiger partial charge in [0, 0.05) is 6.61 Å². The van der Waals surface area contributed by atoms with Crippen molar-refractivity contribution in [2.24, 2.45) is 0 Å². The molecule has 2 aliphatic rings. The molecule has 0 aromatic carbocycles. The Hall–Kier alpha value is -0.600. The van der Waals surface area contributed by atoms with Crippen LogP contribution in [0.15, 0.2) is 24.3 Å². The summed E-state index contributed by atoms with van der Waals surface area (Å²) in [5, 5.41) is 8.63. The third kappa shape index (κ3) is 1.12. The van der Waals surface area contributed by atoms with E-state index in [1.54, 1.807) is 0 Å².